The summed E-state index contributed by atoms with van der Waals surface area (Å²) in [5.74, 6) is 0.443. The molecule has 0 fully saturated rings. The number of allylic oxidation sites excluding steroid dienone is 2. The number of anilines is 1. The number of rotatable bonds is 5. The van der Waals surface area contributed by atoms with E-state index in [0.717, 1.165) is 30.7 Å². The van der Waals surface area contributed by atoms with E-state index in [1.165, 1.54) is 11.3 Å². The van der Waals surface area contributed by atoms with Gasteiger partial charge in [-0.2, -0.15) is 0 Å². The van der Waals surface area contributed by atoms with Crippen molar-refractivity contribution in [1.82, 2.24) is 10.2 Å². The van der Waals surface area contributed by atoms with Gasteiger partial charge in [-0.25, -0.2) is 0 Å². The number of nitrogens with zero attached hydrogens (tertiary/aromatic N) is 2. The summed E-state index contributed by atoms with van der Waals surface area (Å²) in [5, 5.41) is 12.4. The zero-order valence-electron chi connectivity index (χ0n) is 9.98. The second-order valence-corrected chi connectivity index (χ2v) is 5.33. The van der Waals surface area contributed by atoms with Gasteiger partial charge in [0.15, 0.2) is 0 Å². The molecule has 17 heavy (non-hydrogen) atoms. The van der Waals surface area contributed by atoms with Gasteiger partial charge in [0, 0.05) is 12.8 Å². The number of hydrogen-bond acceptors (Lipinski definition) is 4. The van der Waals surface area contributed by atoms with Gasteiger partial charge in [0.1, 0.15) is 5.01 Å². The van der Waals surface area contributed by atoms with Gasteiger partial charge < -0.3 is 5.32 Å². The van der Waals surface area contributed by atoms with Crippen LogP contribution in [-0.2, 0) is 11.2 Å². The molecular weight excluding hydrogens is 234 g/mol. The summed E-state index contributed by atoms with van der Waals surface area (Å²) in [5.41, 5.74) is 0. The smallest absolute Gasteiger partial charge is 0.226 e. The van der Waals surface area contributed by atoms with Crippen LogP contribution in [0.15, 0.2) is 12.2 Å². The Hall–Kier alpha value is -1.23. The predicted octanol–water partition coefficient (Wildman–Crippen LogP) is 2.79. The van der Waals surface area contributed by atoms with Gasteiger partial charge in [-0.05, 0) is 25.2 Å². The Morgan fingerprint density at radius 2 is 2.47 bits per heavy atom. The number of aryl methyl sites for hydroxylation is 1. The Kier molecular flexibility index (Phi) is 4.25. The maximum atomic E-state index is 11.7. The average Bonchev–Trinajstić information content (AvgIpc) is 2.91. The minimum Gasteiger partial charge on any atom is -0.301 e. The van der Waals surface area contributed by atoms with Gasteiger partial charge in [0.05, 0.1) is 0 Å². The van der Waals surface area contributed by atoms with Crippen molar-refractivity contribution < 1.29 is 4.79 Å². The molecule has 1 aromatic rings. The number of aromatic nitrogens is 2. The van der Waals surface area contributed by atoms with E-state index in [9.17, 15) is 4.79 Å². The van der Waals surface area contributed by atoms with E-state index in [-0.39, 0.29) is 5.91 Å². The molecule has 0 spiro atoms. The van der Waals surface area contributed by atoms with E-state index < -0.39 is 0 Å². The molecule has 2 rings (SSSR count). The standard InChI is InChI=1S/C12H17N3OS/c1-2-5-11-14-15-12(17-11)13-10(16)8-9-6-3-4-7-9/h3,6,9H,2,4-5,7-8H2,1H3,(H,13,15,16)/t9-/m0/s1. The molecule has 1 heterocycles. The molecule has 5 heteroatoms. The summed E-state index contributed by atoms with van der Waals surface area (Å²) >= 11 is 1.47. The predicted molar refractivity (Wildman–Crippen MR) is 69.0 cm³/mol. The van der Waals surface area contributed by atoms with Crippen molar-refractivity contribution in [1.29, 1.82) is 0 Å². The molecule has 1 aliphatic carbocycles. The van der Waals surface area contributed by atoms with Crippen LogP contribution in [0.25, 0.3) is 0 Å². The second kappa shape index (κ2) is 5.91. The Labute approximate surface area is 105 Å². The molecule has 0 aromatic carbocycles. The van der Waals surface area contributed by atoms with Gasteiger partial charge in [0.25, 0.3) is 0 Å². The molecule has 0 radical (unpaired) electrons. The summed E-state index contributed by atoms with van der Waals surface area (Å²) in [4.78, 5) is 11.7. The molecule has 1 N–H and O–H groups in total. The lowest BCUT2D eigenvalue weighted by molar-refractivity contribution is -0.116. The zero-order valence-corrected chi connectivity index (χ0v) is 10.8. The highest BCUT2D eigenvalue weighted by molar-refractivity contribution is 7.15. The first-order valence-electron chi connectivity index (χ1n) is 6.07. The molecular formula is C12H17N3OS. The van der Waals surface area contributed by atoms with Gasteiger partial charge in [-0.15, -0.1) is 10.2 Å². The topological polar surface area (TPSA) is 54.9 Å². The fraction of sp³-hybridized carbons (Fsp3) is 0.583. The number of hydrogen-bond donors (Lipinski definition) is 1. The van der Waals surface area contributed by atoms with Gasteiger partial charge in [-0.3, -0.25) is 4.79 Å². The lowest BCUT2D eigenvalue weighted by atomic mass is 10.1. The van der Waals surface area contributed by atoms with Crippen molar-refractivity contribution in [3.8, 4) is 0 Å². The number of carbonyl (C=O) groups excluding carboxylic acids is 1. The largest absolute Gasteiger partial charge is 0.301 e. The highest BCUT2D eigenvalue weighted by Crippen LogP contribution is 2.22. The highest BCUT2D eigenvalue weighted by atomic mass is 32.1. The molecule has 0 bridgehead atoms. The van der Waals surface area contributed by atoms with E-state index in [1.807, 2.05) is 0 Å². The fourth-order valence-electron chi connectivity index (χ4n) is 1.89. The van der Waals surface area contributed by atoms with Crippen LogP contribution >= 0.6 is 11.3 Å². The molecule has 1 atom stereocenters. The van der Waals surface area contributed by atoms with Gasteiger partial charge >= 0.3 is 0 Å². The summed E-state index contributed by atoms with van der Waals surface area (Å²) < 4.78 is 0. The van der Waals surface area contributed by atoms with Crippen LogP contribution in [0, 0.1) is 5.92 Å². The number of nitrogens with one attached hydrogen (secondary N) is 1. The van der Waals surface area contributed by atoms with Crippen molar-refractivity contribution in [2.45, 2.75) is 39.0 Å². The lowest BCUT2D eigenvalue weighted by Crippen LogP contribution is -2.14. The van der Waals surface area contributed by atoms with Crippen LogP contribution in [-0.4, -0.2) is 16.1 Å². The monoisotopic (exact) mass is 251 g/mol. The van der Waals surface area contributed by atoms with Gasteiger partial charge in [-0.1, -0.05) is 30.4 Å². The first-order chi connectivity index (χ1) is 8.28. The van der Waals surface area contributed by atoms with E-state index in [1.54, 1.807) is 0 Å². The third kappa shape index (κ3) is 3.63. The minimum absolute atomic E-state index is 0.0424. The van der Waals surface area contributed by atoms with Crippen molar-refractivity contribution in [2.24, 2.45) is 5.92 Å². The summed E-state index contributed by atoms with van der Waals surface area (Å²) in [6, 6.07) is 0. The van der Waals surface area contributed by atoms with Crippen LogP contribution in [0.2, 0.25) is 0 Å². The Morgan fingerprint density at radius 3 is 3.18 bits per heavy atom. The quantitative estimate of drug-likeness (QED) is 0.819. The maximum Gasteiger partial charge on any atom is 0.226 e. The SMILES string of the molecule is CCCc1nnc(NC(=O)C[C@H]2C=CCC2)s1. The van der Waals surface area contributed by atoms with E-state index in [4.69, 9.17) is 0 Å². The molecule has 1 aromatic heterocycles. The van der Waals surface area contributed by atoms with E-state index in [0.29, 0.717) is 17.5 Å². The first kappa shape index (κ1) is 12.2. The fourth-order valence-corrected chi connectivity index (χ4v) is 2.75. The van der Waals surface area contributed by atoms with Gasteiger partial charge in [0.2, 0.25) is 11.0 Å². The zero-order chi connectivity index (χ0) is 12.1. The molecule has 4 nitrogen and oxygen atoms in total. The normalized spacial score (nSPS) is 18.5. The molecule has 0 saturated carbocycles. The first-order valence-corrected chi connectivity index (χ1v) is 6.88. The highest BCUT2D eigenvalue weighted by Gasteiger charge is 2.15. The summed E-state index contributed by atoms with van der Waals surface area (Å²) in [6.07, 6.45) is 8.99. The van der Waals surface area contributed by atoms with Crippen LogP contribution in [0.1, 0.15) is 37.6 Å². The van der Waals surface area contributed by atoms with Crippen LogP contribution in [0.4, 0.5) is 5.13 Å². The molecule has 0 aliphatic heterocycles. The van der Waals surface area contributed by atoms with Crippen molar-refractivity contribution in [3.05, 3.63) is 17.2 Å². The Morgan fingerprint density at radius 1 is 1.59 bits per heavy atom. The van der Waals surface area contributed by atoms with E-state index >= 15 is 0 Å². The van der Waals surface area contributed by atoms with Crippen molar-refractivity contribution in [3.63, 3.8) is 0 Å². The Balaban J connectivity index is 1.82. The van der Waals surface area contributed by atoms with Crippen molar-refractivity contribution >= 4 is 22.4 Å². The second-order valence-electron chi connectivity index (χ2n) is 4.27. The molecule has 0 saturated heterocycles. The molecule has 1 amide bonds. The number of amides is 1. The molecule has 92 valence electrons. The van der Waals surface area contributed by atoms with E-state index in [2.05, 4.69) is 34.6 Å². The molecule has 0 unspecified atom stereocenters. The maximum absolute atomic E-state index is 11.7. The van der Waals surface area contributed by atoms with Crippen LogP contribution in [0.5, 0.6) is 0 Å². The summed E-state index contributed by atoms with van der Waals surface area (Å²) in [7, 11) is 0. The molecule has 1 aliphatic rings. The van der Waals surface area contributed by atoms with Crippen LogP contribution < -0.4 is 5.32 Å². The Bertz CT molecular complexity index is 414. The number of carbonyl (C=O) groups is 1. The third-order valence-corrected chi connectivity index (χ3v) is 3.64. The van der Waals surface area contributed by atoms with Crippen LogP contribution in [0.3, 0.4) is 0 Å². The van der Waals surface area contributed by atoms with Crippen molar-refractivity contribution in [2.75, 3.05) is 5.32 Å². The third-order valence-electron chi connectivity index (χ3n) is 2.74. The minimum atomic E-state index is 0.0424. The summed E-state index contributed by atoms with van der Waals surface area (Å²) in [6.45, 7) is 2.10. The average molecular weight is 251 g/mol. The lowest BCUT2D eigenvalue weighted by Gasteiger charge is -2.05.